The van der Waals surface area contributed by atoms with Gasteiger partial charge in [0.15, 0.2) is 0 Å². The van der Waals surface area contributed by atoms with E-state index in [-0.39, 0.29) is 24.0 Å². The molecule has 1 N–H and O–H groups in total. The minimum absolute atomic E-state index is 0.0301. The number of methoxy groups -OCH3 is 1. The van der Waals surface area contributed by atoms with Crippen LogP contribution in [0.2, 0.25) is 0 Å². The van der Waals surface area contributed by atoms with E-state index in [4.69, 9.17) is 4.74 Å². The molecule has 3 saturated heterocycles. The Labute approximate surface area is 208 Å². The summed E-state index contributed by atoms with van der Waals surface area (Å²) in [6, 6.07) is 20.5. The van der Waals surface area contributed by atoms with Crippen LogP contribution in [0.3, 0.4) is 0 Å². The molecule has 2 aromatic rings. The Hall–Kier alpha value is -2.86. The number of nitrogens with one attached hydrogen (secondary N) is 1. The molecular formula is C29H37N3O3. The second kappa shape index (κ2) is 9.65. The summed E-state index contributed by atoms with van der Waals surface area (Å²) in [6.45, 7) is 7.25. The third-order valence-corrected chi connectivity index (χ3v) is 8.35. The van der Waals surface area contributed by atoms with E-state index in [1.807, 2.05) is 36.4 Å². The van der Waals surface area contributed by atoms with Gasteiger partial charge < -0.3 is 10.1 Å². The maximum Gasteiger partial charge on any atom is 0.410 e. The maximum absolute atomic E-state index is 14.3. The highest BCUT2D eigenvalue weighted by Crippen LogP contribution is 2.57. The summed E-state index contributed by atoms with van der Waals surface area (Å²) in [5, 5.41) is 3.24. The third-order valence-electron chi connectivity index (χ3n) is 8.35. The molecule has 2 aromatic carbocycles. The number of hydrogen-bond donors (Lipinski definition) is 1. The molecule has 0 radical (unpaired) electrons. The lowest BCUT2D eigenvalue weighted by atomic mass is 9.57. The molecule has 3 aliphatic heterocycles. The van der Waals surface area contributed by atoms with Gasteiger partial charge in [-0.2, -0.15) is 0 Å². The third kappa shape index (κ3) is 4.12. The van der Waals surface area contributed by atoms with Gasteiger partial charge in [0, 0.05) is 38.1 Å². The summed E-state index contributed by atoms with van der Waals surface area (Å²) in [5.41, 5.74) is 1.44. The molecule has 3 heterocycles. The Kier molecular flexibility index (Phi) is 6.58. The average molecular weight is 476 g/mol. The van der Waals surface area contributed by atoms with Crippen molar-refractivity contribution in [2.75, 3.05) is 26.7 Å². The standard InChI is InChI=1S/C29H37N3O3/c1-20(2)17-31-19-24-15-23-18-32(28(34)35-3)29(24,27(33)30-16-22-12-8-5-9-13-22)26(31)25(23)14-21-10-6-4-7-11-21/h4-13,20,23-26H,14-19H2,1-3H3,(H,30,33). The van der Waals surface area contributed by atoms with Crippen LogP contribution >= 0.6 is 0 Å². The molecule has 6 nitrogen and oxygen atoms in total. The Bertz CT molecular complexity index is 1040. The number of carbonyl (C=O) groups is 2. The molecule has 6 rings (SSSR count). The first-order valence-electron chi connectivity index (χ1n) is 12.9. The van der Waals surface area contributed by atoms with Crippen molar-refractivity contribution >= 4 is 12.0 Å². The van der Waals surface area contributed by atoms with Crippen molar-refractivity contribution in [2.45, 2.75) is 44.8 Å². The van der Waals surface area contributed by atoms with Crippen molar-refractivity contribution in [3.05, 3.63) is 71.8 Å². The van der Waals surface area contributed by atoms with E-state index in [0.29, 0.717) is 30.8 Å². The smallest absolute Gasteiger partial charge is 0.410 e. The van der Waals surface area contributed by atoms with Gasteiger partial charge in [-0.1, -0.05) is 74.5 Å². The minimum Gasteiger partial charge on any atom is -0.453 e. The van der Waals surface area contributed by atoms with Crippen molar-refractivity contribution in [2.24, 2.45) is 23.7 Å². The highest BCUT2D eigenvalue weighted by molar-refractivity contribution is 5.92. The zero-order valence-electron chi connectivity index (χ0n) is 21.0. The predicted molar refractivity (Wildman–Crippen MR) is 136 cm³/mol. The molecule has 5 unspecified atom stereocenters. The van der Waals surface area contributed by atoms with Gasteiger partial charge in [0.05, 0.1) is 7.11 Å². The van der Waals surface area contributed by atoms with Gasteiger partial charge >= 0.3 is 6.09 Å². The molecule has 4 fully saturated rings. The quantitative estimate of drug-likeness (QED) is 0.659. The Morgan fingerprint density at radius 2 is 1.69 bits per heavy atom. The number of nitrogens with zero attached hydrogens (tertiary/aromatic N) is 2. The molecule has 1 aliphatic carbocycles. The van der Waals surface area contributed by atoms with Gasteiger partial charge in [0.25, 0.3) is 0 Å². The largest absolute Gasteiger partial charge is 0.453 e. The van der Waals surface area contributed by atoms with E-state index in [1.165, 1.54) is 12.7 Å². The predicted octanol–water partition coefficient (Wildman–Crippen LogP) is 3.96. The molecular weight excluding hydrogens is 438 g/mol. The normalized spacial score (nSPS) is 29.4. The monoisotopic (exact) mass is 475 g/mol. The number of benzene rings is 2. The first-order valence-corrected chi connectivity index (χ1v) is 12.9. The van der Waals surface area contributed by atoms with Gasteiger partial charge in [-0.3, -0.25) is 14.6 Å². The van der Waals surface area contributed by atoms with Crippen molar-refractivity contribution < 1.29 is 14.3 Å². The molecule has 186 valence electrons. The van der Waals surface area contributed by atoms with E-state index in [2.05, 4.69) is 48.3 Å². The van der Waals surface area contributed by atoms with Crippen LogP contribution in [0.25, 0.3) is 0 Å². The number of hydrogen-bond acceptors (Lipinski definition) is 4. The fraction of sp³-hybridized carbons (Fsp3) is 0.517. The van der Waals surface area contributed by atoms with Crippen LogP contribution in [0.4, 0.5) is 4.79 Å². The topological polar surface area (TPSA) is 61.9 Å². The molecule has 0 aromatic heterocycles. The summed E-state index contributed by atoms with van der Waals surface area (Å²) in [4.78, 5) is 31.7. The first-order chi connectivity index (χ1) is 16.9. The highest BCUT2D eigenvalue weighted by atomic mass is 16.5. The fourth-order valence-electron chi connectivity index (χ4n) is 7.20. The van der Waals surface area contributed by atoms with Crippen molar-refractivity contribution in [3.8, 4) is 0 Å². The zero-order chi connectivity index (χ0) is 24.6. The van der Waals surface area contributed by atoms with Crippen molar-refractivity contribution in [3.63, 3.8) is 0 Å². The molecule has 2 amide bonds. The Morgan fingerprint density at radius 1 is 1.03 bits per heavy atom. The van der Waals surface area contributed by atoms with Gasteiger partial charge in [0.1, 0.15) is 5.54 Å². The van der Waals surface area contributed by atoms with Crippen LogP contribution in [-0.4, -0.2) is 60.1 Å². The molecule has 0 spiro atoms. The number of ether oxygens (including phenoxy) is 1. The summed E-state index contributed by atoms with van der Waals surface area (Å²) >= 11 is 0. The van der Waals surface area contributed by atoms with Gasteiger partial charge in [-0.15, -0.1) is 0 Å². The van der Waals surface area contributed by atoms with Crippen molar-refractivity contribution in [1.82, 2.24) is 15.1 Å². The van der Waals surface area contributed by atoms with E-state index in [1.54, 1.807) is 4.90 Å². The van der Waals surface area contributed by atoms with Gasteiger partial charge in [-0.25, -0.2) is 4.79 Å². The lowest BCUT2D eigenvalue weighted by molar-refractivity contribution is -0.155. The van der Waals surface area contributed by atoms with Crippen LogP contribution in [0, 0.1) is 23.7 Å². The number of rotatable bonds is 7. The number of piperidine rings is 2. The van der Waals surface area contributed by atoms with Crippen LogP contribution < -0.4 is 5.32 Å². The Balaban J connectivity index is 1.54. The van der Waals surface area contributed by atoms with Gasteiger partial charge in [0.2, 0.25) is 5.91 Å². The SMILES string of the molecule is COC(=O)N1CC2CC3CN(CC(C)C)C(C2Cc2ccccc2)C31C(=O)NCc1ccccc1. The number of carbonyl (C=O) groups excluding carboxylic acids is 2. The number of amides is 2. The van der Waals surface area contributed by atoms with Crippen LogP contribution in [-0.2, 0) is 22.5 Å². The van der Waals surface area contributed by atoms with E-state index in [0.717, 1.165) is 31.5 Å². The Morgan fingerprint density at radius 3 is 2.31 bits per heavy atom. The van der Waals surface area contributed by atoms with Gasteiger partial charge in [-0.05, 0) is 41.7 Å². The lowest BCUT2D eigenvalue weighted by Crippen LogP contribution is -2.78. The van der Waals surface area contributed by atoms with Crippen molar-refractivity contribution in [1.29, 1.82) is 0 Å². The highest BCUT2D eigenvalue weighted by Gasteiger charge is 2.72. The van der Waals surface area contributed by atoms with E-state index < -0.39 is 5.54 Å². The second-order valence-electron chi connectivity index (χ2n) is 10.9. The van der Waals surface area contributed by atoms with E-state index in [9.17, 15) is 9.59 Å². The van der Waals surface area contributed by atoms with Crippen LogP contribution in [0.1, 0.15) is 31.4 Å². The molecule has 6 heteroatoms. The summed E-state index contributed by atoms with van der Waals surface area (Å²) < 4.78 is 5.26. The number of likely N-dealkylation sites (tertiary alicyclic amines) is 1. The van der Waals surface area contributed by atoms with E-state index >= 15 is 0 Å². The summed E-state index contributed by atoms with van der Waals surface area (Å²) in [5.74, 6) is 1.20. The van der Waals surface area contributed by atoms with Crippen LogP contribution in [0.15, 0.2) is 60.7 Å². The molecule has 1 saturated carbocycles. The first kappa shape index (κ1) is 23.9. The average Bonchev–Trinajstić information content (AvgIpc) is 3.13. The summed E-state index contributed by atoms with van der Waals surface area (Å²) in [6.07, 6.45) is 1.50. The molecule has 35 heavy (non-hydrogen) atoms. The zero-order valence-corrected chi connectivity index (χ0v) is 21.0. The second-order valence-corrected chi connectivity index (χ2v) is 10.9. The fourth-order valence-corrected chi connectivity index (χ4v) is 7.20. The minimum atomic E-state index is -0.912. The molecule has 4 aliphatic rings. The number of fused-ring (bicyclic) bond motifs is 1. The summed E-state index contributed by atoms with van der Waals surface area (Å²) in [7, 11) is 1.43. The maximum atomic E-state index is 14.3. The molecule has 4 bridgehead atoms. The lowest BCUT2D eigenvalue weighted by Gasteiger charge is -2.60. The van der Waals surface area contributed by atoms with Crippen LogP contribution in [0.5, 0.6) is 0 Å². The molecule has 5 atom stereocenters.